The van der Waals surface area contributed by atoms with Crippen molar-refractivity contribution in [2.75, 3.05) is 5.84 Å². The van der Waals surface area contributed by atoms with Crippen LogP contribution in [-0.2, 0) is 11.3 Å². The number of nitrogen functional groups attached to an aromatic ring is 1. The largest absolute Gasteiger partial charge is 0.351 e. The third-order valence-corrected chi connectivity index (χ3v) is 5.27. The smallest absolute Gasteiger partial charge is 0.233 e. The number of rotatable bonds is 6. The highest BCUT2D eigenvalue weighted by molar-refractivity contribution is 8.00. The van der Waals surface area contributed by atoms with Crippen LogP contribution in [0.4, 0.5) is 4.39 Å². The summed E-state index contributed by atoms with van der Waals surface area (Å²) in [5, 5.41) is 11.2. The molecule has 1 aromatic heterocycles. The first-order chi connectivity index (χ1) is 13.0. The Kier molecular flexibility index (Phi) is 5.98. The maximum Gasteiger partial charge on any atom is 0.233 e. The summed E-state index contributed by atoms with van der Waals surface area (Å²) < 4.78 is 15.1. The lowest BCUT2D eigenvalue weighted by atomic mass is 10.2. The number of benzene rings is 2. The topological polar surface area (TPSA) is 85.8 Å². The number of hydrogen-bond donors (Lipinski definition) is 2. The molecule has 1 heterocycles. The van der Waals surface area contributed by atoms with E-state index in [1.807, 2.05) is 18.2 Å². The second-order valence-electron chi connectivity index (χ2n) is 5.73. The van der Waals surface area contributed by atoms with E-state index < -0.39 is 11.1 Å². The number of nitrogens with zero attached hydrogens (tertiary/aromatic N) is 3. The predicted molar refractivity (Wildman–Crippen MR) is 104 cm³/mol. The Hall–Kier alpha value is -2.58. The molecule has 27 heavy (non-hydrogen) atoms. The maximum atomic E-state index is 13.9. The molecule has 0 radical (unpaired) electrons. The number of halogens is 2. The van der Waals surface area contributed by atoms with Gasteiger partial charge < -0.3 is 11.2 Å². The number of nitrogens with one attached hydrogen (secondary N) is 1. The number of thioether (sulfide) groups is 1. The minimum absolute atomic E-state index is 0.194. The average molecular weight is 406 g/mol. The van der Waals surface area contributed by atoms with Gasteiger partial charge in [0.05, 0.1) is 10.8 Å². The van der Waals surface area contributed by atoms with Crippen LogP contribution in [0.3, 0.4) is 0 Å². The van der Waals surface area contributed by atoms with E-state index >= 15 is 0 Å². The van der Waals surface area contributed by atoms with Crippen LogP contribution in [0.15, 0.2) is 53.7 Å². The number of carbonyl (C=O) groups excluding carboxylic acids is 1. The lowest BCUT2D eigenvalue weighted by Crippen LogP contribution is -2.31. The highest BCUT2D eigenvalue weighted by Gasteiger charge is 2.21. The van der Waals surface area contributed by atoms with Crippen molar-refractivity contribution in [3.8, 4) is 11.4 Å². The molecule has 6 nitrogen and oxygen atoms in total. The van der Waals surface area contributed by atoms with Crippen LogP contribution in [0, 0.1) is 5.82 Å². The number of amides is 1. The van der Waals surface area contributed by atoms with Crippen molar-refractivity contribution in [3.05, 3.63) is 64.9 Å². The van der Waals surface area contributed by atoms with E-state index in [1.165, 1.54) is 10.7 Å². The van der Waals surface area contributed by atoms with Crippen LogP contribution >= 0.6 is 23.4 Å². The third-order valence-electron chi connectivity index (χ3n) is 3.84. The molecule has 0 saturated carbocycles. The molecule has 3 rings (SSSR count). The summed E-state index contributed by atoms with van der Waals surface area (Å²) in [5.74, 6) is 5.54. The van der Waals surface area contributed by atoms with Crippen molar-refractivity contribution in [1.29, 1.82) is 0 Å². The fourth-order valence-electron chi connectivity index (χ4n) is 2.36. The van der Waals surface area contributed by atoms with Crippen molar-refractivity contribution in [1.82, 2.24) is 20.2 Å². The summed E-state index contributed by atoms with van der Waals surface area (Å²) in [6.45, 7) is 2.04. The van der Waals surface area contributed by atoms with Crippen molar-refractivity contribution >= 4 is 29.3 Å². The molecule has 0 unspecified atom stereocenters. The first-order valence-corrected chi connectivity index (χ1v) is 9.36. The molecule has 0 saturated heterocycles. The number of carbonyl (C=O) groups is 1. The van der Waals surface area contributed by atoms with Gasteiger partial charge >= 0.3 is 0 Å². The molecule has 0 aliphatic heterocycles. The fourth-order valence-corrected chi connectivity index (χ4v) is 3.36. The zero-order valence-electron chi connectivity index (χ0n) is 14.4. The molecule has 140 valence electrons. The molecule has 0 aliphatic carbocycles. The summed E-state index contributed by atoms with van der Waals surface area (Å²) in [4.78, 5) is 12.3. The second-order valence-corrected chi connectivity index (χ2v) is 7.44. The van der Waals surface area contributed by atoms with Gasteiger partial charge in [0.1, 0.15) is 5.82 Å². The molecule has 1 amide bonds. The summed E-state index contributed by atoms with van der Waals surface area (Å²) in [6.07, 6.45) is 0. The summed E-state index contributed by atoms with van der Waals surface area (Å²) >= 11 is 7.22. The lowest BCUT2D eigenvalue weighted by Gasteiger charge is -2.12. The number of aromatic nitrogens is 3. The van der Waals surface area contributed by atoms with E-state index in [0.717, 1.165) is 17.3 Å². The van der Waals surface area contributed by atoms with Crippen LogP contribution in [0.1, 0.15) is 12.5 Å². The Morgan fingerprint density at radius 1 is 1.26 bits per heavy atom. The first-order valence-electron chi connectivity index (χ1n) is 8.10. The molecule has 3 N–H and O–H groups in total. The highest BCUT2D eigenvalue weighted by atomic mass is 35.5. The van der Waals surface area contributed by atoms with Crippen LogP contribution in [-0.4, -0.2) is 26.0 Å². The molecule has 0 spiro atoms. The minimum Gasteiger partial charge on any atom is -0.351 e. The Morgan fingerprint density at radius 2 is 1.96 bits per heavy atom. The molecular formula is C18H17ClFN5OS. The van der Waals surface area contributed by atoms with Gasteiger partial charge in [-0.15, -0.1) is 10.2 Å². The van der Waals surface area contributed by atoms with Gasteiger partial charge in [-0.05, 0) is 30.7 Å². The quantitative estimate of drug-likeness (QED) is 0.485. The van der Waals surface area contributed by atoms with E-state index in [0.29, 0.717) is 16.7 Å². The molecular weight excluding hydrogens is 389 g/mol. The third kappa shape index (κ3) is 4.40. The van der Waals surface area contributed by atoms with Crippen molar-refractivity contribution in [2.24, 2.45) is 0 Å². The monoisotopic (exact) mass is 405 g/mol. The van der Waals surface area contributed by atoms with Crippen LogP contribution < -0.4 is 11.2 Å². The molecule has 3 aromatic rings. The molecule has 2 aromatic carbocycles. The van der Waals surface area contributed by atoms with E-state index in [1.54, 1.807) is 31.2 Å². The van der Waals surface area contributed by atoms with E-state index in [-0.39, 0.29) is 17.3 Å². The molecule has 1 atom stereocenters. The summed E-state index contributed by atoms with van der Waals surface area (Å²) in [5.41, 5.74) is 1.07. The lowest BCUT2D eigenvalue weighted by molar-refractivity contribution is -0.120. The Bertz CT molecular complexity index is 964. The van der Waals surface area contributed by atoms with Gasteiger partial charge in [0.2, 0.25) is 11.1 Å². The first kappa shape index (κ1) is 19.2. The molecule has 0 fully saturated rings. The van der Waals surface area contributed by atoms with Gasteiger partial charge in [-0.2, -0.15) is 0 Å². The van der Waals surface area contributed by atoms with Crippen molar-refractivity contribution in [2.45, 2.75) is 23.9 Å². The fraction of sp³-hybridized carbons (Fsp3) is 0.167. The van der Waals surface area contributed by atoms with Gasteiger partial charge in [-0.25, -0.2) is 9.07 Å². The standard InChI is InChI=1S/C18H17ClFN5OS/c1-11(17(26)22-10-12-6-2-4-8-14(12)19)27-18-24-23-16(25(18)21)13-7-3-5-9-15(13)20/h2-9,11H,10,21H2,1H3,(H,22,26)/t11-/m1/s1. The molecule has 9 heteroatoms. The Balaban J connectivity index is 1.66. The summed E-state index contributed by atoms with van der Waals surface area (Å²) in [7, 11) is 0. The van der Waals surface area contributed by atoms with E-state index in [4.69, 9.17) is 17.4 Å². The molecule has 0 bridgehead atoms. The predicted octanol–water partition coefficient (Wildman–Crippen LogP) is 3.25. The van der Waals surface area contributed by atoms with Crippen LogP contribution in [0.25, 0.3) is 11.4 Å². The minimum atomic E-state index is -0.479. The molecule has 0 aliphatic rings. The average Bonchev–Trinajstić information content (AvgIpc) is 3.01. The Labute approximate surface area is 164 Å². The van der Waals surface area contributed by atoms with Crippen molar-refractivity contribution in [3.63, 3.8) is 0 Å². The number of hydrogen-bond acceptors (Lipinski definition) is 5. The van der Waals surface area contributed by atoms with Crippen LogP contribution in [0.2, 0.25) is 5.02 Å². The second kappa shape index (κ2) is 8.41. The van der Waals surface area contributed by atoms with E-state index in [9.17, 15) is 9.18 Å². The van der Waals surface area contributed by atoms with E-state index in [2.05, 4.69) is 15.5 Å². The maximum absolute atomic E-state index is 13.9. The zero-order valence-corrected chi connectivity index (χ0v) is 16.0. The van der Waals surface area contributed by atoms with Crippen molar-refractivity contribution < 1.29 is 9.18 Å². The van der Waals surface area contributed by atoms with Crippen LogP contribution in [0.5, 0.6) is 0 Å². The Morgan fingerprint density at radius 3 is 2.70 bits per heavy atom. The SMILES string of the molecule is C[C@@H](Sc1nnc(-c2ccccc2F)n1N)C(=O)NCc1ccccc1Cl. The zero-order chi connectivity index (χ0) is 19.4. The summed E-state index contributed by atoms with van der Waals surface area (Å²) in [6, 6.07) is 13.4. The normalized spacial score (nSPS) is 12.0. The number of nitrogens with two attached hydrogens (primary N) is 1. The van der Waals surface area contributed by atoms with Gasteiger partial charge in [-0.3, -0.25) is 4.79 Å². The van der Waals surface area contributed by atoms with Gasteiger partial charge in [0.15, 0.2) is 5.82 Å². The van der Waals surface area contributed by atoms with Gasteiger partial charge in [0, 0.05) is 11.6 Å². The van der Waals surface area contributed by atoms with Gasteiger partial charge in [-0.1, -0.05) is 53.7 Å². The highest BCUT2D eigenvalue weighted by Crippen LogP contribution is 2.26. The van der Waals surface area contributed by atoms with Gasteiger partial charge in [0.25, 0.3) is 0 Å².